The Morgan fingerprint density at radius 1 is 1.32 bits per heavy atom. The number of hydrogen-bond donors (Lipinski definition) is 1. The van der Waals surface area contributed by atoms with Gasteiger partial charge in [-0.15, -0.1) is 0 Å². The van der Waals surface area contributed by atoms with Crippen molar-refractivity contribution < 1.29 is 13.2 Å². The molecule has 2 aliphatic rings. The Morgan fingerprint density at radius 3 is 2.72 bits per heavy atom. The van der Waals surface area contributed by atoms with E-state index >= 15 is 0 Å². The number of rotatable bonds is 6. The first-order chi connectivity index (χ1) is 11.9. The van der Waals surface area contributed by atoms with E-state index in [2.05, 4.69) is 23.2 Å². The van der Waals surface area contributed by atoms with Crippen LogP contribution >= 0.6 is 0 Å². The molecule has 0 fully saturated rings. The van der Waals surface area contributed by atoms with E-state index in [0.717, 1.165) is 28.7 Å². The van der Waals surface area contributed by atoms with Crippen LogP contribution in [0.3, 0.4) is 0 Å². The standard InChI is InChI=1S/C18H23N3O3S/c1-3-9-21(25(23,24)4-2)16-11-13-5-6-14(10-15(13)12-16)17-7-8-18(22)20-19-17/h4-6,10,16H,2-3,7-9,11-12H2,1H3,(H,20,22). The summed E-state index contributed by atoms with van der Waals surface area (Å²) in [7, 11) is -3.43. The highest BCUT2D eigenvalue weighted by Gasteiger charge is 2.32. The van der Waals surface area contributed by atoms with Gasteiger partial charge in [-0.2, -0.15) is 9.41 Å². The lowest BCUT2D eigenvalue weighted by Crippen LogP contribution is -2.40. The first-order valence-electron chi connectivity index (χ1n) is 8.56. The van der Waals surface area contributed by atoms with Gasteiger partial charge in [0.05, 0.1) is 5.71 Å². The van der Waals surface area contributed by atoms with Crippen molar-refractivity contribution >= 4 is 21.6 Å². The maximum atomic E-state index is 12.3. The molecule has 1 aliphatic heterocycles. The molecule has 7 heteroatoms. The molecule has 0 bridgehead atoms. The van der Waals surface area contributed by atoms with Gasteiger partial charge >= 0.3 is 0 Å². The van der Waals surface area contributed by atoms with E-state index in [1.807, 2.05) is 19.1 Å². The number of sulfonamides is 1. The van der Waals surface area contributed by atoms with Crippen molar-refractivity contribution in [2.45, 2.75) is 45.1 Å². The summed E-state index contributed by atoms with van der Waals surface area (Å²) in [6, 6.07) is 6.06. The quantitative estimate of drug-likeness (QED) is 0.841. The molecule has 1 aromatic rings. The van der Waals surface area contributed by atoms with Gasteiger partial charge in [0.15, 0.2) is 0 Å². The summed E-state index contributed by atoms with van der Waals surface area (Å²) in [5, 5.41) is 5.18. The number of carbonyl (C=O) groups excluding carboxylic acids is 1. The van der Waals surface area contributed by atoms with Crippen LogP contribution in [0.4, 0.5) is 0 Å². The number of hydrogen-bond acceptors (Lipinski definition) is 4. The van der Waals surface area contributed by atoms with Crippen molar-refractivity contribution in [3.63, 3.8) is 0 Å². The fourth-order valence-electron chi connectivity index (χ4n) is 3.49. The van der Waals surface area contributed by atoms with E-state index in [4.69, 9.17) is 0 Å². The number of nitrogens with one attached hydrogen (secondary N) is 1. The van der Waals surface area contributed by atoms with E-state index in [-0.39, 0.29) is 11.9 Å². The fraction of sp³-hybridized carbons (Fsp3) is 0.444. The monoisotopic (exact) mass is 361 g/mol. The summed E-state index contributed by atoms with van der Waals surface area (Å²) in [6.07, 6.45) is 3.24. The van der Waals surface area contributed by atoms with Crippen molar-refractivity contribution in [1.82, 2.24) is 9.73 Å². The molecule has 1 atom stereocenters. The molecule has 0 radical (unpaired) electrons. The zero-order valence-electron chi connectivity index (χ0n) is 14.4. The zero-order valence-corrected chi connectivity index (χ0v) is 15.2. The molecule has 134 valence electrons. The minimum atomic E-state index is -3.43. The summed E-state index contributed by atoms with van der Waals surface area (Å²) in [5.74, 6) is -0.0604. The van der Waals surface area contributed by atoms with E-state index in [0.29, 0.717) is 32.2 Å². The average molecular weight is 361 g/mol. The highest BCUT2D eigenvalue weighted by Crippen LogP contribution is 2.29. The molecule has 1 aromatic carbocycles. The Balaban J connectivity index is 1.83. The molecule has 3 rings (SSSR count). The predicted molar refractivity (Wildman–Crippen MR) is 97.7 cm³/mol. The second-order valence-corrected chi connectivity index (χ2v) is 8.29. The lowest BCUT2D eigenvalue weighted by Gasteiger charge is -2.26. The Morgan fingerprint density at radius 2 is 2.08 bits per heavy atom. The summed E-state index contributed by atoms with van der Waals surface area (Å²) in [5.41, 5.74) is 6.71. The first kappa shape index (κ1) is 17.8. The molecule has 0 saturated heterocycles. The van der Waals surface area contributed by atoms with Gasteiger partial charge in [-0.3, -0.25) is 4.79 Å². The Bertz CT molecular complexity index is 830. The number of benzene rings is 1. The molecule has 6 nitrogen and oxygen atoms in total. The van der Waals surface area contributed by atoms with Crippen LogP contribution in [0.2, 0.25) is 0 Å². The second kappa shape index (κ2) is 7.09. The van der Waals surface area contributed by atoms with Crippen LogP contribution < -0.4 is 5.43 Å². The van der Waals surface area contributed by atoms with Crippen molar-refractivity contribution in [2.75, 3.05) is 6.54 Å². The van der Waals surface area contributed by atoms with Gasteiger partial charge in [0, 0.05) is 30.8 Å². The fourth-order valence-corrected chi connectivity index (χ4v) is 4.69. The molecule has 1 N–H and O–H groups in total. The molecule has 1 unspecified atom stereocenters. The van der Waals surface area contributed by atoms with Crippen LogP contribution in [0, 0.1) is 0 Å². The number of nitrogens with zero attached hydrogens (tertiary/aromatic N) is 2. The molecule has 1 heterocycles. The third-order valence-corrected chi connectivity index (χ3v) is 6.30. The minimum Gasteiger partial charge on any atom is -0.273 e. The molecule has 0 saturated carbocycles. The normalized spacial score (nSPS) is 20.2. The summed E-state index contributed by atoms with van der Waals surface area (Å²) in [4.78, 5) is 11.2. The Kier molecular flexibility index (Phi) is 5.06. The molecule has 1 aliphatic carbocycles. The number of hydrazone groups is 1. The highest BCUT2D eigenvalue weighted by atomic mass is 32.2. The Labute approximate surface area is 148 Å². The number of fused-ring (bicyclic) bond motifs is 1. The third-order valence-electron chi connectivity index (χ3n) is 4.74. The van der Waals surface area contributed by atoms with Crippen LogP contribution in [-0.2, 0) is 27.7 Å². The van der Waals surface area contributed by atoms with Gasteiger partial charge in [-0.25, -0.2) is 13.8 Å². The predicted octanol–water partition coefficient (Wildman–Crippen LogP) is 1.95. The van der Waals surface area contributed by atoms with Crippen LogP contribution in [0.5, 0.6) is 0 Å². The first-order valence-corrected chi connectivity index (χ1v) is 10.1. The van der Waals surface area contributed by atoms with Gasteiger partial charge in [-0.1, -0.05) is 25.6 Å². The molecular formula is C18H23N3O3S. The van der Waals surface area contributed by atoms with Crippen LogP contribution in [0.25, 0.3) is 0 Å². The Hall–Kier alpha value is -1.99. The summed E-state index contributed by atoms with van der Waals surface area (Å²) < 4.78 is 26.2. The smallest absolute Gasteiger partial charge is 0.240 e. The lowest BCUT2D eigenvalue weighted by molar-refractivity contribution is -0.121. The molecule has 0 spiro atoms. The van der Waals surface area contributed by atoms with Crippen molar-refractivity contribution in [3.05, 3.63) is 46.9 Å². The van der Waals surface area contributed by atoms with Gasteiger partial charge in [-0.05, 0) is 42.0 Å². The van der Waals surface area contributed by atoms with Crippen LogP contribution in [0.1, 0.15) is 42.9 Å². The van der Waals surface area contributed by atoms with E-state index in [1.165, 1.54) is 5.56 Å². The van der Waals surface area contributed by atoms with Gasteiger partial charge in [0.25, 0.3) is 0 Å². The van der Waals surface area contributed by atoms with Gasteiger partial charge in [0.2, 0.25) is 15.9 Å². The topological polar surface area (TPSA) is 78.8 Å². The summed E-state index contributed by atoms with van der Waals surface area (Å²) in [6.45, 7) is 5.93. The van der Waals surface area contributed by atoms with Crippen molar-refractivity contribution in [3.8, 4) is 0 Å². The van der Waals surface area contributed by atoms with Gasteiger partial charge in [0.1, 0.15) is 0 Å². The van der Waals surface area contributed by atoms with Crippen LogP contribution in [0.15, 0.2) is 35.3 Å². The molecule has 0 aromatic heterocycles. The minimum absolute atomic E-state index is 0.0604. The number of amides is 1. The van der Waals surface area contributed by atoms with E-state index in [1.54, 1.807) is 4.31 Å². The van der Waals surface area contributed by atoms with Crippen LogP contribution in [-0.4, -0.2) is 36.9 Å². The number of carbonyl (C=O) groups is 1. The second-order valence-electron chi connectivity index (χ2n) is 6.46. The SMILES string of the molecule is C=CS(=O)(=O)N(CCC)C1Cc2ccc(C3=NNC(=O)CC3)cc2C1. The van der Waals surface area contributed by atoms with Gasteiger partial charge < -0.3 is 0 Å². The van der Waals surface area contributed by atoms with E-state index in [9.17, 15) is 13.2 Å². The van der Waals surface area contributed by atoms with Crippen molar-refractivity contribution in [1.29, 1.82) is 0 Å². The maximum absolute atomic E-state index is 12.3. The summed E-state index contributed by atoms with van der Waals surface area (Å²) >= 11 is 0. The molecular weight excluding hydrogens is 338 g/mol. The molecule has 25 heavy (non-hydrogen) atoms. The van der Waals surface area contributed by atoms with E-state index < -0.39 is 10.0 Å². The lowest BCUT2D eigenvalue weighted by atomic mass is 10.00. The highest BCUT2D eigenvalue weighted by molar-refractivity contribution is 7.92. The third kappa shape index (κ3) is 3.67. The maximum Gasteiger partial charge on any atom is 0.240 e. The molecule has 1 amide bonds. The largest absolute Gasteiger partial charge is 0.273 e. The zero-order chi connectivity index (χ0) is 18.0. The van der Waals surface area contributed by atoms with Crippen molar-refractivity contribution in [2.24, 2.45) is 5.10 Å². The average Bonchev–Trinajstić information content (AvgIpc) is 3.02.